The van der Waals surface area contributed by atoms with Crippen LogP contribution in [0.5, 0.6) is 0 Å². The number of hydrogen-bond donors (Lipinski definition) is 3. The fraction of sp³-hybridized carbons (Fsp3) is 0.500. The molecule has 0 aromatic heterocycles. The number of aliphatic hydroxyl groups is 2. The molecule has 1 atom stereocenters. The van der Waals surface area contributed by atoms with Crippen LogP contribution in [0, 0.1) is 27.2 Å². The van der Waals surface area contributed by atoms with E-state index in [0.29, 0.717) is 6.42 Å². The van der Waals surface area contributed by atoms with Gasteiger partial charge in [0.15, 0.2) is 5.69 Å². The molecule has 0 heterocycles. The number of hydrogen-bond acceptors (Lipinski definition) is 7. The summed E-state index contributed by atoms with van der Waals surface area (Å²) in [6.07, 6.45) is 0.436. The van der Waals surface area contributed by atoms with Crippen LogP contribution in [0.3, 0.4) is 0 Å². The van der Waals surface area contributed by atoms with Crippen LogP contribution in [0.1, 0.15) is 24.5 Å². The fourth-order valence-corrected chi connectivity index (χ4v) is 1.97. The molecule has 9 nitrogen and oxygen atoms in total. The summed E-state index contributed by atoms with van der Waals surface area (Å²) < 4.78 is 0. The number of nitro benzene ring substituents is 2. The van der Waals surface area contributed by atoms with Crippen molar-refractivity contribution in [3.8, 4) is 0 Å². The molecule has 0 saturated heterocycles. The standard InChI is InChI=1S/C12H17N3O6/c1-3-9(6-17)13-11-10(14(18)19)4-8(5-16)7(2)12(11)15(20)21/h4,9,13,16-17H,3,5-6H2,1-2H3/t9-/m1/s1. The molecule has 1 aromatic rings. The van der Waals surface area contributed by atoms with E-state index >= 15 is 0 Å². The van der Waals surface area contributed by atoms with Crippen molar-refractivity contribution in [2.45, 2.75) is 32.9 Å². The van der Waals surface area contributed by atoms with Gasteiger partial charge in [0.1, 0.15) is 0 Å². The van der Waals surface area contributed by atoms with E-state index in [1.807, 2.05) is 0 Å². The Morgan fingerprint density at radius 2 is 1.90 bits per heavy atom. The molecule has 0 spiro atoms. The molecule has 0 aliphatic heterocycles. The van der Waals surface area contributed by atoms with Crippen molar-refractivity contribution in [3.63, 3.8) is 0 Å². The lowest BCUT2D eigenvalue weighted by Gasteiger charge is -2.17. The third-order valence-electron chi connectivity index (χ3n) is 3.25. The van der Waals surface area contributed by atoms with Gasteiger partial charge in [-0.2, -0.15) is 0 Å². The van der Waals surface area contributed by atoms with Gasteiger partial charge in [0.05, 0.1) is 23.1 Å². The highest BCUT2D eigenvalue weighted by Crippen LogP contribution is 2.39. The second-order valence-corrected chi connectivity index (χ2v) is 4.51. The van der Waals surface area contributed by atoms with Crippen molar-refractivity contribution in [2.75, 3.05) is 11.9 Å². The van der Waals surface area contributed by atoms with Crippen molar-refractivity contribution in [1.82, 2.24) is 0 Å². The molecule has 116 valence electrons. The summed E-state index contributed by atoms with van der Waals surface area (Å²) in [6.45, 7) is 2.30. The second kappa shape index (κ2) is 6.95. The monoisotopic (exact) mass is 299 g/mol. The lowest BCUT2D eigenvalue weighted by Crippen LogP contribution is -2.24. The van der Waals surface area contributed by atoms with Crippen LogP contribution in [0.15, 0.2) is 6.07 Å². The van der Waals surface area contributed by atoms with Crippen LogP contribution in [-0.4, -0.2) is 32.7 Å². The van der Waals surface area contributed by atoms with Gasteiger partial charge in [-0.05, 0) is 18.9 Å². The van der Waals surface area contributed by atoms with Crippen LogP contribution < -0.4 is 5.32 Å². The molecule has 9 heteroatoms. The summed E-state index contributed by atoms with van der Waals surface area (Å²) in [5, 5.41) is 43.4. The lowest BCUT2D eigenvalue weighted by molar-refractivity contribution is -0.392. The largest absolute Gasteiger partial charge is 0.394 e. The number of nitrogens with zero attached hydrogens (tertiary/aromatic N) is 2. The zero-order chi connectivity index (χ0) is 16.2. The minimum Gasteiger partial charge on any atom is -0.394 e. The maximum atomic E-state index is 11.2. The van der Waals surface area contributed by atoms with Crippen LogP contribution in [-0.2, 0) is 6.61 Å². The highest BCUT2D eigenvalue weighted by molar-refractivity contribution is 5.78. The quantitative estimate of drug-likeness (QED) is 0.512. The fourth-order valence-electron chi connectivity index (χ4n) is 1.97. The molecule has 1 aromatic carbocycles. The molecule has 21 heavy (non-hydrogen) atoms. The molecule has 0 aliphatic carbocycles. The van der Waals surface area contributed by atoms with Gasteiger partial charge in [0.25, 0.3) is 5.69 Å². The summed E-state index contributed by atoms with van der Waals surface area (Å²) in [5.41, 5.74) is -0.927. The lowest BCUT2D eigenvalue weighted by atomic mass is 10.0. The molecule has 0 bridgehead atoms. The first-order valence-electron chi connectivity index (χ1n) is 6.30. The highest BCUT2D eigenvalue weighted by atomic mass is 16.6. The minimum absolute atomic E-state index is 0.121. The van der Waals surface area contributed by atoms with Crippen molar-refractivity contribution in [1.29, 1.82) is 0 Å². The van der Waals surface area contributed by atoms with Crippen molar-refractivity contribution in [2.24, 2.45) is 0 Å². The maximum Gasteiger partial charge on any atom is 0.302 e. The number of aliphatic hydroxyl groups excluding tert-OH is 2. The van der Waals surface area contributed by atoms with Gasteiger partial charge in [0.2, 0.25) is 0 Å². The van der Waals surface area contributed by atoms with Crippen LogP contribution >= 0.6 is 0 Å². The SMILES string of the molecule is CC[C@H](CO)Nc1c([N+](=O)[O-])cc(CO)c(C)c1[N+](=O)[O-]. The summed E-state index contributed by atoms with van der Waals surface area (Å²) >= 11 is 0. The predicted molar refractivity (Wildman–Crippen MR) is 75.2 cm³/mol. The van der Waals surface area contributed by atoms with Crippen LogP contribution in [0.4, 0.5) is 17.1 Å². The topological polar surface area (TPSA) is 139 Å². The van der Waals surface area contributed by atoms with Gasteiger partial charge in [-0.1, -0.05) is 6.92 Å². The Labute approximate surface area is 120 Å². The third-order valence-corrected chi connectivity index (χ3v) is 3.25. The first kappa shape index (κ1) is 16.8. The minimum atomic E-state index is -0.752. The number of nitro groups is 2. The van der Waals surface area contributed by atoms with Crippen molar-refractivity contribution >= 4 is 17.1 Å². The Hall–Kier alpha value is -2.26. The zero-order valence-corrected chi connectivity index (χ0v) is 11.7. The van der Waals surface area contributed by atoms with Crippen molar-refractivity contribution < 1.29 is 20.1 Å². The van der Waals surface area contributed by atoms with E-state index in [2.05, 4.69) is 5.32 Å². The van der Waals surface area contributed by atoms with E-state index in [0.717, 1.165) is 6.07 Å². The Morgan fingerprint density at radius 1 is 1.29 bits per heavy atom. The Morgan fingerprint density at radius 3 is 2.29 bits per heavy atom. The van der Waals surface area contributed by atoms with Crippen molar-refractivity contribution in [3.05, 3.63) is 37.4 Å². The maximum absolute atomic E-state index is 11.2. The van der Waals surface area contributed by atoms with Gasteiger partial charge in [-0.3, -0.25) is 20.2 Å². The Bertz CT molecular complexity index is 556. The number of anilines is 1. The van der Waals surface area contributed by atoms with E-state index in [1.165, 1.54) is 6.92 Å². The number of benzene rings is 1. The molecule has 0 radical (unpaired) electrons. The van der Waals surface area contributed by atoms with E-state index in [1.54, 1.807) is 6.92 Å². The smallest absolute Gasteiger partial charge is 0.302 e. The van der Waals surface area contributed by atoms with Crippen LogP contribution in [0.2, 0.25) is 0 Å². The molecular formula is C12H17N3O6. The van der Waals surface area contributed by atoms with Gasteiger partial charge in [0, 0.05) is 17.7 Å². The average molecular weight is 299 g/mol. The first-order valence-corrected chi connectivity index (χ1v) is 6.30. The van der Waals surface area contributed by atoms with Gasteiger partial charge in [-0.15, -0.1) is 0 Å². The molecule has 0 amide bonds. The van der Waals surface area contributed by atoms with Gasteiger partial charge >= 0.3 is 5.69 Å². The van der Waals surface area contributed by atoms with E-state index in [9.17, 15) is 30.4 Å². The van der Waals surface area contributed by atoms with E-state index in [-0.39, 0.29) is 23.4 Å². The van der Waals surface area contributed by atoms with Crippen LogP contribution in [0.25, 0.3) is 0 Å². The Kier molecular flexibility index (Phi) is 5.56. The van der Waals surface area contributed by atoms with Gasteiger partial charge < -0.3 is 15.5 Å². The predicted octanol–water partition coefficient (Wildman–Crippen LogP) is 1.49. The molecule has 1 rings (SSSR count). The van der Waals surface area contributed by atoms with E-state index < -0.39 is 33.9 Å². The molecule has 0 aliphatic rings. The normalized spacial score (nSPS) is 12.0. The molecular weight excluding hydrogens is 282 g/mol. The molecule has 0 saturated carbocycles. The highest BCUT2D eigenvalue weighted by Gasteiger charge is 2.31. The average Bonchev–Trinajstić information content (AvgIpc) is 2.43. The molecule has 3 N–H and O–H groups in total. The third kappa shape index (κ3) is 3.44. The summed E-state index contributed by atoms with van der Waals surface area (Å²) in [4.78, 5) is 20.9. The number of nitrogens with one attached hydrogen (secondary N) is 1. The summed E-state index contributed by atoms with van der Waals surface area (Å²) in [6, 6.07) is 0.566. The molecule has 0 fully saturated rings. The van der Waals surface area contributed by atoms with E-state index in [4.69, 9.17) is 0 Å². The zero-order valence-electron chi connectivity index (χ0n) is 11.7. The summed E-state index contributed by atoms with van der Waals surface area (Å²) in [7, 11) is 0. The summed E-state index contributed by atoms with van der Waals surface area (Å²) in [5.74, 6) is 0. The van der Waals surface area contributed by atoms with Gasteiger partial charge in [-0.25, -0.2) is 0 Å². The molecule has 0 unspecified atom stereocenters. The first-order chi connectivity index (χ1) is 9.87. The second-order valence-electron chi connectivity index (χ2n) is 4.51. The number of rotatable bonds is 7. The Balaban J connectivity index is 3.59.